The summed E-state index contributed by atoms with van der Waals surface area (Å²) >= 11 is 6.45. The Morgan fingerprint density at radius 3 is 2.28 bits per heavy atom. The molecule has 1 aliphatic rings. The first-order valence-electron chi connectivity index (χ1n) is 14.4. The zero-order valence-electron chi connectivity index (χ0n) is 25.8. The molecule has 1 atom stereocenters. The number of benzene rings is 2. The SMILES string of the molecule is C=C(C)C.C=c1/c(=C\C)cc(-c2ccc(N)cc2Cl)n1C[C@@H]1CCCNC1.CC.CCc1ccc(C)c(C)c1. The number of hydrogen-bond acceptors (Lipinski definition) is 2. The molecular weight excluding hydrogens is 498 g/mol. The molecule has 3 N–H and O–H groups in total. The molecule has 4 rings (SSSR count). The van der Waals surface area contributed by atoms with Gasteiger partial charge in [0.05, 0.1) is 10.7 Å². The molecule has 1 aromatic heterocycles. The molecule has 1 fully saturated rings. The highest BCUT2D eigenvalue weighted by Gasteiger charge is 2.17. The molecule has 0 radical (unpaired) electrons. The number of nitrogens with one attached hydrogen (secondary N) is 1. The second-order valence-electron chi connectivity index (χ2n) is 10.3. The van der Waals surface area contributed by atoms with Crippen LogP contribution in [-0.4, -0.2) is 17.7 Å². The largest absolute Gasteiger partial charge is 0.399 e. The van der Waals surface area contributed by atoms with Crippen molar-refractivity contribution in [3.05, 3.63) is 86.9 Å². The summed E-state index contributed by atoms with van der Waals surface area (Å²) in [7, 11) is 0. The molecule has 4 heteroatoms. The van der Waals surface area contributed by atoms with Gasteiger partial charge in [0.1, 0.15) is 0 Å². The molecule has 2 heterocycles. The van der Waals surface area contributed by atoms with Crippen LogP contribution >= 0.6 is 11.6 Å². The van der Waals surface area contributed by atoms with Gasteiger partial charge < -0.3 is 15.6 Å². The summed E-state index contributed by atoms with van der Waals surface area (Å²) in [5.74, 6) is 0.632. The van der Waals surface area contributed by atoms with E-state index in [1.165, 1.54) is 35.1 Å². The summed E-state index contributed by atoms with van der Waals surface area (Å²) in [6.07, 6.45) is 5.74. The van der Waals surface area contributed by atoms with Crippen LogP contribution in [0.25, 0.3) is 23.9 Å². The van der Waals surface area contributed by atoms with Gasteiger partial charge in [-0.15, -0.1) is 6.58 Å². The zero-order chi connectivity index (χ0) is 29.5. The minimum Gasteiger partial charge on any atom is -0.399 e. The highest BCUT2D eigenvalue weighted by atomic mass is 35.5. The van der Waals surface area contributed by atoms with Crippen molar-refractivity contribution in [1.82, 2.24) is 9.88 Å². The Kier molecular flexibility index (Phi) is 15.6. The molecule has 1 aliphatic heterocycles. The van der Waals surface area contributed by atoms with E-state index in [2.05, 4.69) is 74.2 Å². The van der Waals surface area contributed by atoms with Crippen LogP contribution < -0.4 is 21.6 Å². The van der Waals surface area contributed by atoms with E-state index in [1.54, 1.807) is 0 Å². The van der Waals surface area contributed by atoms with E-state index in [0.29, 0.717) is 16.6 Å². The van der Waals surface area contributed by atoms with Crippen LogP contribution in [0.5, 0.6) is 0 Å². The predicted molar refractivity (Wildman–Crippen MR) is 177 cm³/mol. The Hall–Kier alpha value is -2.75. The van der Waals surface area contributed by atoms with Crippen LogP contribution in [0.15, 0.2) is 54.6 Å². The summed E-state index contributed by atoms with van der Waals surface area (Å²) in [5.41, 5.74) is 14.1. The Bertz CT molecular complexity index is 1280. The number of allylic oxidation sites excluding steroid dienone is 1. The summed E-state index contributed by atoms with van der Waals surface area (Å²) in [6, 6.07) is 14.5. The highest BCUT2D eigenvalue weighted by molar-refractivity contribution is 6.33. The first-order chi connectivity index (χ1) is 18.6. The monoisotopic (exact) mass is 549 g/mol. The van der Waals surface area contributed by atoms with E-state index in [-0.39, 0.29) is 0 Å². The van der Waals surface area contributed by atoms with E-state index in [1.807, 2.05) is 52.8 Å². The van der Waals surface area contributed by atoms with Gasteiger partial charge in [0.25, 0.3) is 0 Å². The fourth-order valence-electron chi connectivity index (χ4n) is 4.39. The third kappa shape index (κ3) is 11.1. The lowest BCUT2D eigenvalue weighted by atomic mass is 9.99. The molecule has 2 aromatic carbocycles. The standard InChI is InChI=1S/C19H24ClN3.C10H14.C4H8.C2H6/c1-3-15-9-19(17-7-6-16(21)10-18(17)20)23(13(15)2)12-14-5-4-8-22-11-14;1-4-10-6-5-8(2)9(3)7-10;1-4(2)3;1-2/h3,6-7,9-10,14,22H,2,4-5,8,11-12,21H2,1H3;5-7H,4H2,1-3H3;1H2,2-3H3;1-2H3/b15-3-;;;/t14-;;;/m1.../s1. The number of aryl methyl sites for hydroxylation is 3. The van der Waals surface area contributed by atoms with E-state index in [9.17, 15) is 0 Å². The first-order valence-corrected chi connectivity index (χ1v) is 14.7. The molecule has 1 saturated heterocycles. The van der Waals surface area contributed by atoms with Gasteiger partial charge in [-0.1, -0.05) is 68.8 Å². The number of hydrogen-bond donors (Lipinski definition) is 2. The molecule has 0 unspecified atom stereocenters. The lowest BCUT2D eigenvalue weighted by Crippen LogP contribution is -2.36. The van der Waals surface area contributed by atoms with Gasteiger partial charge in [0.2, 0.25) is 0 Å². The average molecular weight is 550 g/mol. The third-order valence-corrected chi connectivity index (χ3v) is 6.95. The third-order valence-electron chi connectivity index (χ3n) is 6.64. The zero-order valence-corrected chi connectivity index (χ0v) is 26.5. The molecule has 0 bridgehead atoms. The van der Waals surface area contributed by atoms with Gasteiger partial charge >= 0.3 is 0 Å². The highest BCUT2D eigenvalue weighted by Crippen LogP contribution is 2.29. The lowest BCUT2D eigenvalue weighted by Gasteiger charge is -2.24. The van der Waals surface area contributed by atoms with Crippen molar-refractivity contribution in [3.8, 4) is 11.3 Å². The molecule has 0 aliphatic carbocycles. The number of nitrogens with two attached hydrogens (primary N) is 1. The summed E-state index contributed by atoms with van der Waals surface area (Å²) in [5, 5.41) is 6.40. The van der Waals surface area contributed by atoms with Crippen LogP contribution in [0, 0.1) is 19.8 Å². The number of halogens is 1. The van der Waals surface area contributed by atoms with Gasteiger partial charge in [0.15, 0.2) is 0 Å². The second-order valence-corrected chi connectivity index (χ2v) is 10.7. The Morgan fingerprint density at radius 1 is 1.10 bits per heavy atom. The maximum Gasteiger partial charge on any atom is 0.0519 e. The average Bonchev–Trinajstić information content (AvgIpc) is 3.22. The normalized spacial score (nSPS) is 14.7. The fourth-order valence-corrected chi connectivity index (χ4v) is 4.68. The molecule has 0 amide bonds. The van der Waals surface area contributed by atoms with Crippen LogP contribution in [0.3, 0.4) is 0 Å². The molecule has 0 saturated carbocycles. The Morgan fingerprint density at radius 2 is 1.77 bits per heavy atom. The quantitative estimate of drug-likeness (QED) is 0.255. The number of rotatable bonds is 4. The van der Waals surface area contributed by atoms with Gasteiger partial charge in [-0.3, -0.25) is 0 Å². The topological polar surface area (TPSA) is 43.0 Å². The van der Waals surface area contributed by atoms with Crippen molar-refractivity contribution in [3.63, 3.8) is 0 Å². The van der Waals surface area contributed by atoms with Crippen molar-refractivity contribution in [2.24, 2.45) is 5.92 Å². The van der Waals surface area contributed by atoms with Gasteiger partial charge in [-0.05, 0) is 119 Å². The van der Waals surface area contributed by atoms with Crippen molar-refractivity contribution >= 4 is 29.9 Å². The number of anilines is 1. The van der Waals surface area contributed by atoms with E-state index >= 15 is 0 Å². The molecule has 214 valence electrons. The number of nitrogens with zero attached hydrogens (tertiary/aromatic N) is 1. The predicted octanol–water partition coefficient (Wildman–Crippen LogP) is 8.08. The van der Waals surface area contributed by atoms with Crippen molar-refractivity contribution in [1.29, 1.82) is 0 Å². The maximum absolute atomic E-state index is 6.45. The van der Waals surface area contributed by atoms with Crippen molar-refractivity contribution in [2.75, 3.05) is 18.8 Å². The fraction of sp³-hybridized carbons (Fsp3) is 0.429. The van der Waals surface area contributed by atoms with Crippen LogP contribution in [0.2, 0.25) is 5.02 Å². The molecule has 3 aromatic rings. The van der Waals surface area contributed by atoms with Gasteiger partial charge in [-0.2, -0.15) is 0 Å². The molecule has 39 heavy (non-hydrogen) atoms. The smallest absolute Gasteiger partial charge is 0.0519 e. The Balaban J connectivity index is 0.000000394. The van der Waals surface area contributed by atoms with E-state index < -0.39 is 0 Å². The molecular formula is C35H52ClN3. The molecule has 3 nitrogen and oxygen atoms in total. The lowest BCUT2D eigenvalue weighted by molar-refractivity contribution is 0.336. The van der Waals surface area contributed by atoms with E-state index in [4.69, 9.17) is 17.3 Å². The van der Waals surface area contributed by atoms with Crippen molar-refractivity contribution in [2.45, 2.75) is 81.2 Å². The van der Waals surface area contributed by atoms with Crippen LogP contribution in [0.4, 0.5) is 5.69 Å². The molecule has 0 spiro atoms. The summed E-state index contributed by atoms with van der Waals surface area (Å²) in [4.78, 5) is 0. The summed E-state index contributed by atoms with van der Waals surface area (Å²) < 4.78 is 2.31. The number of aromatic nitrogens is 1. The number of piperidine rings is 1. The second kappa shape index (κ2) is 17.8. The Labute approximate surface area is 243 Å². The first kappa shape index (κ1) is 34.3. The van der Waals surface area contributed by atoms with E-state index in [0.717, 1.165) is 47.9 Å². The van der Waals surface area contributed by atoms with Gasteiger partial charge in [-0.25, -0.2) is 0 Å². The van der Waals surface area contributed by atoms with Crippen LogP contribution in [-0.2, 0) is 13.0 Å². The number of nitrogen functional groups attached to an aromatic ring is 1. The maximum atomic E-state index is 6.45. The van der Waals surface area contributed by atoms with Crippen LogP contribution in [0.1, 0.15) is 71.1 Å². The van der Waals surface area contributed by atoms with Crippen molar-refractivity contribution < 1.29 is 0 Å². The minimum absolute atomic E-state index is 0.632. The van der Waals surface area contributed by atoms with Gasteiger partial charge in [0, 0.05) is 23.1 Å². The summed E-state index contributed by atoms with van der Waals surface area (Å²) in [6.45, 7) is 27.5. The minimum atomic E-state index is 0.632.